The van der Waals surface area contributed by atoms with Crippen molar-refractivity contribution in [3.8, 4) is 0 Å². The highest BCUT2D eigenvalue weighted by atomic mass is 16.5. The third kappa shape index (κ3) is 3.35. The molecule has 6 nitrogen and oxygen atoms in total. The SMILES string of the molecule is COC(=O)C1CCN(C(=O)[C@H]2CC(=O)N(c3cccc4ccccc34)C2)CC1. The Morgan fingerprint density at radius 3 is 2.46 bits per heavy atom. The molecule has 0 aromatic heterocycles. The highest BCUT2D eigenvalue weighted by Crippen LogP contribution is 2.32. The number of carbonyl (C=O) groups is 3. The first-order chi connectivity index (χ1) is 13.6. The maximum absolute atomic E-state index is 13.0. The minimum atomic E-state index is -0.332. The molecule has 146 valence electrons. The quantitative estimate of drug-likeness (QED) is 0.768. The molecule has 2 saturated heterocycles. The molecule has 1 atom stereocenters. The summed E-state index contributed by atoms with van der Waals surface area (Å²) in [5.41, 5.74) is 0.864. The number of anilines is 1. The fraction of sp³-hybridized carbons (Fsp3) is 0.409. The van der Waals surface area contributed by atoms with Crippen LogP contribution in [0.3, 0.4) is 0 Å². The molecule has 4 rings (SSSR count). The average molecular weight is 380 g/mol. The van der Waals surface area contributed by atoms with Gasteiger partial charge >= 0.3 is 5.97 Å². The lowest BCUT2D eigenvalue weighted by Gasteiger charge is -2.32. The van der Waals surface area contributed by atoms with Gasteiger partial charge in [-0.15, -0.1) is 0 Å². The van der Waals surface area contributed by atoms with Gasteiger partial charge in [0.2, 0.25) is 11.8 Å². The number of hydrogen-bond acceptors (Lipinski definition) is 4. The molecule has 2 aliphatic rings. The molecule has 0 unspecified atom stereocenters. The Kier molecular flexibility index (Phi) is 5.03. The normalized spacial score (nSPS) is 20.6. The molecule has 0 aliphatic carbocycles. The summed E-state index contributed by atoms with van der Waals surface area (Å²) < 4.78 is 4.80. The molecule has 2 amide bonds. The van der Waals surface area contributed by atoms with Crippen LogP contribution in [-0.2, 0) is 19.1 Å². The van der Waals surface area contributed by atoms with Gasteiger partial charge in [-0.3, -0.25) is 14.4 Å². The van der Waals surface area contributed by atoms with Crippen molar-refractivity contribution in [3.05, 3.63) is 42.5 Å². The summed E-state index contributed by atoms with van der Waals surface area (Å²) >= 11 is 0. The second-order valence-corrected chi connectivity index (χ2v) is 7.53. The summed E-state index contributed by atoms with van der Waals surface area (Å²) in [6.07, 6.45) is 1.47. The van der Waals surface area contributed by atoms with Gasteiger partial charge in [-0.1, -0.05) is 36.4 Å². The van der Waals surface area contributed by atoms with Gasteiger partial charge in [0.25, 0.3) is 0 Å². The van der Waals surface area contributed by atoms with Crippen LogP contribution in [0.5, 0.6) is 0 Å². The molecule has 2 aliphatic heterocycles. The lowest BCUT2D eigenvalue weighted by atomic mass is 9.95. The van der Waals surface area contributed by atoms with Crippen LogP contribution in [0.1, 0.15) is 19.3 Å². The fourth-order valence-electron chi connectivity index (χ4n) is 4.31. The molecule has 0 radical (unpaired) electrons. The predicted octanol–water partition coefficient (Wildman–Crippen LogP) is 2.60. The summed E-state index contributed by atoms with van der Waals surface area (Å²) in [7, 11) is 1.39. The van der Waals surface area contributed by atoms with E-state index in [-0.39, 0.29) is 36.0 Å². The Morgan fingerprint density at radius 1 is 1.00 bits per heavy atom. The van der Waals surface area contributed by atoms with Crippen molar-refractivity contribution >= 4 is 34.2 Å². The number of rotatable bonds is 3. The smallest absolute Gasteiger partial charge is 0.308 e. The van der Waals surface area contributed by atoms with Crippen LogP contribution in [0.2, 0.25) is 0 Å². The lowest BCUT2D eigenvalue weighted by Crippen LogP contribution is -2.43. The van der Waals surface area contributed by atoms with Gasteiger partial charge in [0.1, 0.15) is 0 Å². The van der Waals surface area contributed by atoms with Gasteiger partial charge in [0, 0.05) is 31.4 Å². The summed E-state index contributed by atoms with van der Waals surface area (Å²) in [5, 5.41) is 2.10. The summed E-state index contributed by atoms with van der Waals surface area (Å²) in [6.45, 7) is 1.48. The van der Waals surface area contributed by atoms with Crippen molar-refractivity contribution in [2.24, 2.45) is 11.8 Å². The van der Waals surface area contributed by atoms with Crippen LogP contribution in [0.4, 0.5) is 5.69 Å². The van der Waals surface area contributed by atoms with Gasteiger partial charge in [0.05, 0.1) is 24.6 Å². The van der Waals surface area contributed by atoms with E-state index in [4.69, 9.17) is 4.74 Å². The van der Waals surface area contributed by atoms with Crippen LogP contribution >= 0.6 is 0 Å². The van der Waals surface area contributed by atoms with Crippen molar-refractivity contribution < 1.29 is 19.1 Å². The number of hydrogen-bond donors (Lipinski definition) is 0. The van der Waals surface area contributed by atoms with Crippen LogP contribution in [0, 0.1) is 11.8 Å². The van der Waals surface area contributed by atoms with E-state index in [9.17, 15) is 14.4 Å². The van der Waals surface area contributed by atoms with Gasteiger partial charge in [0.15, 0.2) is 0 Å². The molecule has 2 fully saturated rings. The first-order valence-electron chi connectivity index (χ1n) is 9.73. The predicted molar refractivity (Wildman–Crippen MR) is 106 cm³/mol. The lowest BCUT2D eigenvalue weighted by molar-refractivity contribution is -0.149. The standard InChI is InChI=1S/C22H24N2O4/c1-28-22(27)16-9-11-23(12-10-16)21(26)17-13-20(25)24(14-17)19-8-4-6-15-5-2-3-7-18(15)19/h2-8,16-17H,9-14H2,1H3/t17-/m0/s1. The summed E-state index contributed by atoms with van der Waals surface area (Å²) in [5.74, 6) is -0.670. The molecule has 0 bridgehead atoms. The Morgan fingerprint density at radius 2 is 1.71 bits per heavy atom. The summed E-state index contributed by atoms with van der Waals surface area (Å²) in [6, 6.07) is 13.9. The maximum atomic E-state index is 13.0. The fourth-order valence-corrected chi connectivity index (χ4v) is 4.31. The van der Waals surface area contributed by atoms with Gasteiger partial charge in [-0.25, -0.2) is 0 Å². The molecule has 2 heterocycles. The van der Waals surface area contributed by atoms with Gasteiger partial charge in [-0.2, -0.15) is 0 Å². The van der Waals surface area contributed by atoms with E-state index in [0.29, 0.717) is 32.5 Å². The van der Waals surface area contributed by atoms with E-state index >= 15 is 0 Å². The number of esters is 1. The second-order valence-electron chi connectivity index (χ2n) is 7.53. The number of nitrogens with zero attached hydrogens (tertiary/aromatic N) is 2. The zero-order valence-electron chi connectivity index (χ0n) is 16.0. The number of carbonyl (C=O) groups excluding carboxylic acids is 3. The zero-order valence-corrected chi connectivity index (χ0v) is 16.0. The van der Waals surface area contributed by atoms with E-state index in [1.165, 1.54) is 7.11 Å². The third-order valence-corrected chi connectivity index (χ3v) is 5.87. The minimum absolute atomic E-state index is 0.0133. The average Bonchev–Trinajstić information content (AvgIpc) is 3.13. The van der Waals surface area contributed by atoms with Gasteiger partial charge < -0.3 is 14.5 Å². The van der Waals surface area contributed by atoms with Crippen LogP contribution in [0.25, 0.3) is 10.8 Å². The molecular weight excluding hydrogens is 356 g/mol. The molecule has 2 aromatic carbocycles. The molecule has 6 heteroatoms. The first kappa shape index (κ1) is 18.5. The second kappa shape index (κ2) is 7.62. The number of benzene rings is 2. The van der Waals surface area contributed by atoms with E-state index in [1.54, 1.807) is 9.80 Å². The van der Waals surface area contributed by atoms with Crippen LogP contribution < -0.4 is 4.90 Å². The number of piperidine rings is 1. The van der Waals surface area contributed by atoms with Crippen LogP contribution in [-0.4, -0.2) is 49.4 Å². The monoisotopic (exact) mass is 380 g/mol. The van der Waals surface area contributed by atoms with E-state index in [1.807, 2.05) is 42.5 Å². The Labute approximate surface area is 164 Å². The number of likely N-dealkylation sites (tertiary alicyclic amines) is 1. The topological polar surface area (TPSA) is 66.9 Å². The Bertz CT molecular complexity index is 912. The highest BCUT2D eigenvalue weighted by molar-refractivity contribution is 6.07. The van der Waals surface area contributed by atoms with Crippen molar-refractivity contribution in [1.29, 1.82) is 0 Å². The van der Waals surface area contributed by atoms with Crippen molar-refractivity contribution in [2.45, 2.75) is 19.3 Å². The van der Waals surface area contributed by atoms with Gasteiger partial charge in [-0.05, 0) is 24.3 Å². The van der Waals surface area contributed by atoms with E-state index in [0.717, 1.165) is 16.5 Å². The van der Waals surface area contributed by atoms with Crippen molar-refractivity contribution in [3.63, 3.8) is 0 Å². The molecule has 28 heavy (non-hydrogen) atoms. The minimum Gasteiger partial charge on any atom is -0.469 e. The molecule has 2 aromatic rings. The van der Waals surface area contributed by atoms with Crippen molar-refractivity contribution in [1.82, 2.24) is 4.90 Å². The largest absolute Gasteiger partial charge is 0.469 e. The summed E-state index contributed by atoms with van der Waals surface area (Å²) in [4.78, 5) is 40.9. The molecule has 0 N–H and O–H groups in total. The Hall–Kier alpha value is -2.89. The first-order valence-corrected chi connectivity index (χ1v) is 9.73. The molecular formula is C22H24N2O4. The zero-order chi connectivity index (χ0) is 19.7. The molecule has 0 spiro atoms. The maximum Gasteiger partial charge on any atom is 0.308 e. The third-order valence-electron chi connectivity index (χ3n) is 5.87. The van der Waals surface area contributed by atoms with E-state index < -0.39 is 0 Å². The number of fused-ring (bicyclic) bond motifs is 1. The Balaban J connectivity index is 1.46. The number of methoxy groups -OCH3 is 1. The van der Waals surface area contributed by atoms with Crippen LogP contribution in [0.15, 0.2) is 42.5 Å². The van der Waals surface area contributed by atoms with E-state index in [2.05, 4.69) is 0 Å². The number of ether oxygens (including phenoxy) is 1. The number of amides is 2. The van der Waals surface area contributed by atoms with Crippen molar-refractivity contribution in [2.75, 3.05) is 31.6 Å². The molecule has 0 saturated carbocycles. The highest BCUT2D eigenvalue weighted by Gasteiger charge is 2.39.